The molecule has 0 spiro atoms. The molecule has 0 saturated heterocycles. The summed E-state index contributed by atoms with van der Waals surface area (Å²) < 4.78 is 28.9. The van der Waals surface area contributed by atoms with Gasteiger partial charge in [0.1, 0.15) is 6.07 Å². The molecular formula is C20H19F2N3O. The highest BCUT2D eigenvalue weighted by molar-refractivity contribution is 5.93. The second kappa shape index (κ2) is 7.17. The highest BCUT2D eigenvalue weighted by Gasteiger charge is 2.30. The van der Waals surface area contributed by atoms with Gasteiger partial charge in [-0.2, -0.15) is 5.26 Å². The van der Waals surface area contributed by atoms with Crippen molar-refractivity contribution in [1.82, 2.24) is 10.3 Å². The van der Waals surface area contributed by atoms with E-state index in [0.717, 1.165) is 18.9 Å². The van der Waals surface area contributed by atoms with Crippen LogP contribution in [0.2, 0.25) is 0 Å². The lowest BCUT2D eigenvalue weighted by molar-refractivity contribution is -0.116. The van der Waals surface area contributed by atoms with Crippen molar-refractivity contribution < 1.29 is 13.6 Å². The molecule has 1 aromatic heterocycles. The van der Waals surface area contributed by atoms with Crippen LogP contribution in [0.25, 0.3) is 10.9 Å². The fraction of sp³-hybridized carbons (Fsp3) is 0.400. The molecule has 1 saturated carbocycles. The maximum absolute atomic E-state index is 14.7. The lowest BCUT2D eigenvalue weighted by Gasteiger charge is -2.30. The first-order valence-electron chi connectivity index (χ1n) is 8.59. The average Bonchev–Trinajstić information content (AvgIpc) is 2.90. The predicted octanol–water partition coefficient (Wildman–Crippen LogP) is 3.79. The van der Waals surface area contributed by atoms with Crippen molar-refractivity contribution in [3.63, 3.8) is 0 Å². The fourth-order valence-electron chi connectivity index (χ4n) is 3.91. The molecular weight excluding hydrogens is 336 g/mol. The number of hydrogen-bond acceptors (Lipinski definition) is 2. The van der Waals surface area contributed by atoms with Crippen molar-refractivity contribution in [3.8, 4) is 17.9 Å². The van der Waals surface area contributed by atoms with Crippen LogP contribution in [0.1, 0.15) is 55.3 Å². The predicted molar refractivity (Wildman–Crippen MR) is 94.3 cm³/mol. The van der Waals surface area contributed by atoms with Gasteiger partial charge in [-0.25, -0.2) is 8.78 Å². The van der Waals surface area contributed by atoms with Gasteiger partial charge in [0, 0.05) is 28.8 Å². The normalized spacial score (nSPS) is 19.5. The summed E-state index contributed by atoms with van der Waals surface area (Å²) in [6.07, 6.45) is 2.71. The first-order valence-corrected chi connectivity index (χ1v) is 8.59. The van der Waals surface area contributed by atoms with Crippen LogP contribution in [-0.4, -0.2) is 16.9 Å². The number of rotatable bonds is 2. The van der Waals surface area contributed by atoms with E-state index in [1.165, 1.54) is 0 Å². The summed E-state index contributed by atoms with van der Waals surface area (Å²) in [5.74, 6) is 2.51. The van der Waals surface area contributed by atoms with E-state index in [2.05, 4.69) is 28.2 Å². The molecule has 0 aliphatic heterocycles. The smallest absolute Gasteiger partial charge is 0.296 e. The molecule has 4 nitrogen and oxygen atoms in total. The third-order valence-electron chi connectivity index (χ3n) is 4.97. The summed E-state index contributed by atoms with van der Waals surface area (Å²) in [5, 5.41) is 12.7. The number of benzene rings is 1. The summed E-state index contributed by atoms with van der Waals surface area (Å²) in [5.41, 5.74) is 1.60. The number of nitrogens with zero attached hydrogens (tertiary/aromatic N) is 1. The monoisotopic (exact) mass is 355 g/mol. The molecule has 26 heavy (non-hydrogen) atoms. The number of amides is 1. The van der Waals surface area contributed by atoms with Crippen LogP contribution in [0.4, 0.5) is 8.78 Å². The summed E-state index contributed by atoms with van der Waals surface area (Å²) in [7, 11) is 0. The van der Waals surface area contributed by atoms with Gasteiger partial charge in [-0.1, -0.05) is 12.3 Å². The maximum atomic E-state index is 14.7. The number of nitriles is 1. The SMILES string of the molecule is CC#CC(=O)N[C@H]1CCC[C@H](c2c(F)c(F)cc3[nH]c(C)c(C#N)c23)C1. The number of fused-ring (bicyclic) bond motifs is 1. The molecule has 1 fully saturated rings. The van der Waals surface area contributed by atoms with Crippen LogP contribution in [0.15, 0.2) is 6.07 Å². The van der Waals surface area contributed by atoms with Crippen LogP contribution in [0, 0.1) is 41.7 Å². The van der Waals surface area contributed by atoms with Crippen molar-refractivity contribution in [2.75, 3.05) is 0 Å². The largest absolute Gasteiger partial charge is 0.357 e. The van der Waals surface area contributed by atoms with Crippen LogP contribution in [0.5, 0.6) is 0 Å². The first-order chi connectivity index (χ1) is 12.5. The second-order valence-corrected chi connectivity index (χ2v) is 6.65. The second-order valence-electron chi connectivity index (χ2n) is 6.65. The van der Waals surface area contributed by atoms with Gasteiger partial charge in [-0.3, -0.25) is 4.79 Å². The minimum absolute atomic E-state index is 0.148. The van der Waals surface area contributed by atoms with E-state index in [-0.39, 0.29) is 23.4 Å². The van der Waals surface area contributed by atoms with Crippen LogP contribution >= 0.6 is 0 Å². The lowest BCUT2D eigenvalue weighted by Crippen LogP contribution is -2.37. The maximum Gasteiger partial charge on any atom is 0.296 e. The Morgan fingerprint density at radius 1 is 1.38 bits per heavy atom. The Labute approximate surface area is 150 Å². The average molecular weight is 355 g/mol. The molecule has 0 unspecified atom stereocenters. The molecule has 1 aliphatic rings. The zero-order valence-corrected chi connectivity index (χ0v) is 14.7. The standard InChI is InChI=1S/C20H19F2N3O/c1-3-5-17(26)25-13-7-4-6-12(8-13)18-19-14(10-23)11(2)24-16(19)9-15(21)20(18)22/h9,12-13,24H,4,6-8H2,1-2H3,(H,25,26)/t12-,13-/m0/s1. The summed E-state index contributed by atoms with van der Waals surface area (Å²) in [6, 6.07) is 3.05. The minimum Gasteiger partial charge on any atom is -0.357 e. The van der Waals surface area contributed by atoms with Crippen molar-refractivity contribution in [2.45, 2.75) is 51.5 Å². The van der Waals surface area contributed by atoms with Gasteiger partial charge in [-0.05, 0) is 44.9 Å². The molecule has 134 valence electrons. The van der Waals surface area contributed by atoms with E-state index < -0.39 is 11.6 Å². The quantitative estimate of drug-likeness (QED) is 0.805. The Kier molecular flexibility index (Phi) is 4.95. The third kappa shape index (κ3) is 3.15. The zero-order chi connectivity index (χ0) is 18.8. The van der Waals surface area contributed by atoms with Crippen LogP contribution < -0.4 is 5.32 Å². The molecule has 1 aliphatic carbocycles. The van der Waals surface area contributed by atoms with Crippen molar-refractivity contribution in [3.05, 3.63) is 34.5 Å². The number of carbonyl (C=O) groups excluding carboxylic acids is 1. The topological polar surface area (TPSA) is 68.7 Å². The number of aryl methyl sites for hydroxylation is 1. The van der Waals surface area contributed by atoms with Gasteiger partial charge < -0.3 is 10.3 Å². The molecule has 1 heterocycles. The number of aromatic nitrogens is 1. The molecule has 0 radical (unpaired) electrons. The summed E-state index contributed by atoms with van der Waals surface area (Å²) >= 11 is 0. The Hall–Kier alpha value is -2.86. The molecule has 1 amide bonds. The number of hydrogen-bond donors (Lipinski definition) is 2. The Balaban J connectivity index is 2.03. The highest BCUT2D eigenvalue weighted by Crippen LogP contribution is 2.40. The van der Waals surface area contributed by atoms with E-state index in [4.69, 9.17) is 0 Å². The van der Waals surface area contributed by atoms with Crippen molar-refractivity contribution >= 4 is 16.8 Å². The molecule has 2 atom stereocenters. The van der Waals surface area contributed by atoms with E-state index in [0.29, 0.717) is 35.0 Å². The minimum atomic E-state index is -0.929. The number of H-pyrrole nitrogens is 1. The lowest BCUT2D eigenvalue weighted by atomic mass is 9.79. The Morgan fingerprint density at radius 3 is 2.85 bits per heavy atom. The van der Waals surface area contributed by atoms with Gasteiger partial charge in [0.15, 0.2) is 11.6 Å². The van der Waals surface area contributed by atoms with E-state index in [9.17, 15) is 18.8 Å². The van der Waals surface area contributed by atoms with E-state index in [1.54, 1.807) is 13.8 Å². The van der Waals surface area contributed by atoms with Crippen LogP contribution in [-0.2, 0) is 4.79 Å². The van der Waals surface area contributed by atoms with Gasteiger partial charge in [0.05, 0.1) is 11.1 Å². The molecule has 2 N–H and O–H groups in total. The molecule has 3 rings (SSSR count). The van der Waals surface area contributed by atoms with Gasteiger partial charge in [0.2, 0.25) is 0 Å². The Bertz CT molecular complexity index is 975. The third-order valence-corrected chi connectivity index (χ3v) is 4.97. The zero-order valence-electron chi connectivity index (χ0n) is 14.7. The molecule has 1 aromatic carbocycles. The molecule has 6 heteroatoms. The molecule has 0 bridgehead atoms. The number of aromatic amines is 1. The van der Waals surface area contributed by atoms with E-state index in [1.807, 2.05) is 0 Å². The van der Waals surface area contributed by atoms with Crippen LogP contribution in [0.3, 0.4) is 0 Å². The number of nitrogens with one attached hydrogen (secondary N) is 2. The summed E-state index contributed by atoms with van der Waals surface area (Å²) in [4.78, 5) is 14.7. The first kappa shape index (κ1) is 17.9. The van der Waals surface area contributed by atoms with Gasteiger partial charge in [0.25, 0.3) is 5.91 Å². The highest BCUT2D eigenvalue weighted by atomic mass is 19.2. The fourth-order valence-corrected chi connectivity index (χ4v) is 3.91. The van der Waals surface area contributed by atoms with Gasteiger partial charge >= 0.3 is 0 Å². The number of carbonyl (C=O) groups is 1. The van der Waals surface area contributed by atoms with E-state index >= 15 is 0 Å². The molecule has 2 aromatic rings. The van der Waals surface area contributed by atoms with Gasteiger partial charge in [-0.15, -0.1) is 0 Å². The van der Waals surface area contributed by atoms with Crippen molar-refractivity contribution in [2.24, 2.45) is 0 Å². The summed E-state index contributed by atoms with van der Waals surface area (Å²) in [6.45, 7) is 3.30. The number of halogens is 2. The Morgan fingerprint density at radius 2 is 2.15 bits per heavy atom. The van der Waals surface area contributed by atoms with Crippen molar-refractivity contribution in [1.29, 1.82) is 5.26 Å².